The van der Waals surface area contributed by atoms with Crippen molar-refractivity contribution in [3.8, 4) is 11.1 Å². The first kappa shape index (κ1) is 19.5. The minimum atomic E-state index is -0.00132. The number of carbonyl (C=O) groups excluding carboxylic acids is 1. The second kappa shape index (κ2) is 9.11. The topological polar surface area (TPSA) is 48.5 Å². The van der Waals surface area contributed by atoms with Crippen LogP contribution in [0.1, 0.15) is 29.3 Å². The maximum Gasteiger partial charge on any atom is 0.251 e. The second-order valence-electron chi connectivity index (χ2n) is 7.50. The van der Waals surface area contributed by atoms with Gasteiger partial charge in [-0.3, -0.25) is 14.7 Å². The van der Waals surface area contributed by atoms with Crippen LogP contribution in [0, 0.1) is 6.92 Å². The Bertz CT molecular complexity index is 751. The lowest BCUT2D eigenvalue weighted by Gasteiger charge is -2.36. The van der Waals surface area contributed by atoms with Crippen molar-refractivity contribution in [2.45, 2.75) is 26.3 Å². The highest BCUT2D eigenvalue weighted by atomic mass is 16.1. The van der Waals surface area contributed by atoms with E-state index in [1.165, 1.54) is 0 Å². The summed E-state index contributed by atoms with van der Waals surface area (Å²) in [5.74, 6) is -0.00132. The Hall–Kier alpha value is -2.24. The van der Waals surface area contributed by atoms with E-state index in [4.69, 9.17) is 0 Å². The van der Waals surface area contributed by atoms with Gasteiger partial charge in [-0.05, 0) is 62.2 Å². The summed E-state index contributed by atoms with van der Waals surface area (Å²) in [4.78, 5) is 21.4. The molecule has 1 atom stereocenters. The summed E-state index contributed by atoms with van der Waals surface area (Å²) in [5, 5.41) is 3.06. The van der Waals surface area contributed by atoms with Crippen LogP contribution in [0.2, 0.25) is 0 Å². The molecule has 0 aliphatic carbocycles. The lowest BCUT2D eigenvalue weighted by atomic mass is 10.0. The number of nitrogens with one attached hydrogen (secondary N) is 1. The Morgan fingerprint density at radius 2 is 1.85 bits per heavy atom. The van der Waals surface area contributed by atoms with Gasteiger partial charge in [0.05, 0.1) is 0 Å². The summed E-state index contributed by atoms with van der Waals surface area (Å²) in [6.07, 6.45) is 4.63. The van der Waals surface area contributed by atoms with Gasteiger partial charge >= 0.3 is 0 Å². The van der Waals surface area contributed by atoms with Crippen LogP contribution in [-0.2, 0) is 0 Å². The van der Waals surface area contributed by atoms with E-state index in [-0.39, 0.29) is 5.91 Å². The molecule has 1 aliphatic rings. The Balaban J connectivity index is 1.49. The molecule has 1 aromatic carbocycles. The highest BCUT2D eigenvalue weighted by molar-refractivity contribution is 5.94. The Kier molecular flexibility index (Phi) is 6.58. The molecule has 5 heteroatoms. The van der Waals surface area contributed by atoms with Gasteiger partial charge in [-0.2, -0.15) is 0 Å². The van der Waals surface area contributed by atoms with Crippen molar-refractivity contribution in [2.24, 2.45) is 0 Å². The number of aromatic nitrogens is 1. The van der Waals surface area contributed by atoms with Crippen molar-refractivity contribution >= 4 is 5.91 Å². The molecular weight excluding hydrogens is 336 g/mol. The number of benzene rings is 1. The zero-order valence-electron chi connectivity index (χ0n) is 16.6. The van der Waals surface area contributed by atoms with Gasteiger partial charge in [-0.15, -0.1) is 0 Å². The number of pyridine rings is 1. The molecule has 1 N–H and O–H groups in total. The van der Waals surface area contributed by atoms with E-state index in [1.54, 1.807) is 6.20 Å². The van der Waals surface area contributed by atoms with Crippen LogP contribution in [0.15, 0.2) is 42.7 Å². The molecule has 27 heavy (non-hydrogen) atoms. The standard InChI is InChI=1S/C22H30N4O/c1-17-16-23-10-9-21(17)19-4-6-20(7-5-19)22(27)24-11-8-18(2)26-14-12-25(3)13-15-26/h4-7,9-10,16,18H,8,11-15H2,1-3H3,(H,24,27)/t18-/m1/s1. The van der Waals surface area contributed by atoms with Crippen molar-refractivity contribution in [1.29, 1.82) is 0 Å². The number of likely N-dealkylation sites (N-methyl/N-ethyl adjacent to an activating group) is 1. The van der Waals surface area contributed by atoms with Gasteiger partial charge in [0.15, 0.2) is 0 Å². The van der Waals surface area contributed by atoms with Crippen LogP contribution in [-0.4, -0.2) is 66.5 Å². The highest BCUT2D eigenvalue weighted by Gasteiger charge is 2.19. The molecule has 0 unspecified atom stereocenters. The summed E-state index contributed by atoms with van der Waals surface area (Å²) in [7, 11) is 2.17. The van der Waals surface area contributed by atoms with Crippen LogP contribution in [0.5, 0.6) is 0 Å². The third-order valence-electron chi connectivity index (χ3n) is 5.49. The van der Waals surface area contributed by atoms with Crippen molar-refractivity contribution in [3.63, 3.8) is 0 Å². The van der Waals surface area contributed by atoms with Gasteiger partial charge in [0.2, 0.25) is 0 Å². The second-order valence-corrected chi connectivity index (χ2v) is 7.50. The first-order valence-electron chi connectivity index (χ1n) is 9.76. The van der Waals surface area contributed by atoms with Crippen LogP contribution < -0.4 is 5.32 Å². The number of amides is 1. The summed E-state index contributed by atoms with van der Waals surface area (Å²) in [6, 6.07) is 10.3. The number of aryl methyl sites for hydroxylation is 1. The number of nitrogens with zero attached hydrogens (tertiary/aromatic N) is 3. The SMILES string of the molecule is Cc1cnccc1-c1ccc(C(=O)NCC[C@@H](C)N2CCN(C)CC2)cc1. The van der Waals surface area contributed by atoms with Gasteiger partial charge in [0, 0.05) is 56.7 Å². The molecule has 1 amide bonds. The van der Waals surface area contributed by atoms with Crippen LogP contribution in [0.3, 0.4) is 0 Å². The molecule has 0 spiro atoms. The van der Waals surface area contributed by atoms with Gasteiger partial charge in [0.25, 0.3) is 5.91 Å². The number of hydrogen-bond acceptors (Lipinski definition) is 4. The lowest BCUT2D eigenvalue weighted by Crippen LogP contribution is -2.48. The summed E-state index contributed by atoms with van der Waals surface area (Å²) >= 11 is 0. The quantitative estimate of drug-likeness (QED) is 0.854. The summed E-state index contributed by atoms with van der Waals surface area (Å²) in [5.41, 5.74) is 4.10. The zero-order valence-corrected chi connectivity index (χ0v) is 16.6. The fraction of sp³-hybridized carbons (Fsp3) is 0.455. The largest absolute Gasteiger partial charge is 0.352 e. The molecule has 0 bridgehead atoms. The predicted molar refractivity (Wildman–Crippen MR) is 110 cm³/mol. The van der Waals surface area contributed by atoms with Crippen molar-refractivity contribution in [1.82, 2.24) is 20.1 Å². The van der Waals surface area contributed by atoms with E-state index in [2.05, 4.69) is 34.1 Å². The van der Waals surface area contributed by atoms with E-state index in [1.807, 2.05) is 43.5 Å². The van der Waals surface area contributed by atoms with E-state index in [0.29, 0.717) is 18.2 Å². The first-order chi connectivity index (χ1) is 13.0. The van der Waals surface area contributed by atoms with Gasteiger partial charge in [0.1, 0.15) is 0 Å². The van der Waals surface area contributed by atoms with E-state index in [9.17, 15) is 4.79 Å². The first-order valence-corrected chi connectivity index (χ1v) is 9.76. The minimum absolute atomic E-state index is 0.00132. The molecule has 0 radical (unpaired) electrons. The average molecular weight is 367 g/mol. The molecular formula is C22H30N4O. The zero-order chi connectivity index (χ0) is 19.2. The van der Waals surface area contributed by atoms with Crippen molar-refractivity contribution in [2.75, 3.05) is 39.8 Å². The molecule has 5 nitrogen and oxygen atoms in total. The van der Waals surface area contributed by atoms with E-state index in [0.717, 1.165) is 49.3 Å². The normalized spacial score (nSPS) is 16.9. The molecule has 0 saturated carbocycles. The average Bonchev–Trinajstić information content (AvgIpc) is 2.69. The molecule has 3 rings (SSSR count). The molecule has 2 aromatic rings. The number of rotatable bonds is 6. The fourth-order valence-electron chi connectivity index (χ4n) is 3.54. The number of carbonyl (C=O) groups is 1. The molecule has 1 aromatic heterocycles. The third-order valence-corrected chi connectivity index (χ3v) is 5.49. The summed E-state index contributed by atoms with van der Waals surface area (Å²) in [6.45, 7) is 9.48. The van der Waals surface area contributed by atoms with Crippen LogP contribution in [0.4, 0.5) is 0 Å². The maximum absolute atomic E-state index is 12.4. The van der Waals surface area contributed by atoms with Gasteiger partial charge in [-0.25, -0.2) is 0 Å². The predicted octanol–water partition coefficient (Wildman–Crippen LogP) is 2.81. The van der Waals surface area contributed by atoms with E-state index >= 15 is 0 Å². The number of hydrogen-bond donors (Lipinski definition) is 1. The smallest absolute Gasteiger partial charge is 0.251 e. The highest BCUT2D eigenvalue weighted by Crippen LogP contribution is 2.22. The Morgan fingerprint density at radius 1 is 1.15 bits per heavy atom. The van der Waals surface area contributed by atoms with Crippen LogP contribution in [0.25, 0.3) is 11.1 Å². The molecule has 1 saturated heterocycles. The molecule has 1 fully saturated rings. The van der Waals surface area contributed by atoms with E-state index < -0.39 is 0 Å². The molecule has 2 heterocycles. The fourth-order valence-corrected chi connectivity index (χ4v) is 3.54. The maximum atomic E-state index is 12.4. The lowest BCUT2D eigenvalue weighted by molar-refractivity contribution is 0.0935. The van der Waals surface area contributed by atoms with Crippen molar-refractivity contribution in [3.05, 3.63) is 53.9 Å². The molecule has 1 aliphatic heterocycles. The third kappa shape index (κ3) is 5.15. The van der Waals surface area contributed by atoms with Crippen molar-refractivity contribution < 1.29 is 4.79 Å². The Labute approximate surface area is 162 Å². The molecule has 144 valence electrons. The number of piperazine rings is 1. The minimum Gasteiger partial charge on any atom is -0.352 e. The van der Waals surface area contributed by atoms with Gasteiger partial charge < -0.3 is 10.2 Å². The Morgan fingerprint density at radius 3 is 2.52 bits per heavy atom. The van der Waals surface area contributed by atoms with Crippen LogP contribution >= 0.6 is 0 Å². The monoisotopic (exact) mass is 366 g/mol. The summed E-state index contributed by atoms with van der Waals surface area (Å²) < 4.78 is 0. The van der Waals surface area contributed by atoms with Gasteiger partial charge in [-0.1, -0.05) is 12.1 Å².